The molecular weight excluding hydrogens is 300 g/mol. The Balaban J connectivity index is 2.63. The summed E-state index contributed by atoms with van der Waals surface area (Å²) >= 11 is 0. The van der Waals surface area contributed by atoms with Gasteiger partial charge >= 0.3 is 0 Å². The Kier molecular flexibility index (Phi) is 7.16. The highest BCUT2D eigenvalue weighted by molar-refractivity contribution is 8.13. The van der Waals surface area contributed by atoms with Crippen LogP contribution in [0.15, 0.2) is 24.3 Å². The van der Waals surface area contributed by atoms with Crippen LogP contribution in [-0.2, 0) is 9.05 Å². The van der Waals surface area contributed by atoms with Gasteiger partial charge in [0.25, 0.3) is 0 Å². The second kappa shape index (κ2) is 8.37. The summed E-state index contributed by atoms with van der Waals surface area (Å²) < 4.78 is 33.5. The van der Waals surface area contributed by atoms with Gasteiger partial charge in [0.15, 0.2) is 11.5 Å². The van der Waals surface area contributed by atoms with Crippen LogP contribution >= 0.6 is 10.7 Å². The van der Waals surface area contributed by atoms with E-state index >= 15 is 0 Å². The zero-order chi connectivity index (χ0) is 15.0. The molecule has 0 fully saturated rings. The van der Waals surface area contributed by atoms with E-state index in [2.05, 4.69) is 0 Å². The first-order chi connectivity index (χ1) is 9.46. The lowest BCUT2D eigenvalue weighted by Gasteiger charge is -2.16. The van der Waals surface area contributed by atoms with Crippen molar-refractivity contribution < 1.29 is 17.9 Å². The minimum absolute atomic E-state index is 0.0803. The summed E-state index contributed by atoms with van der Waals surface area (Å²) in [6, 6.07) is 7.38. The fraction of sp³-hybridized carbons (Fsp3) is 0.571. The van der Waals surface area contributed by atoms with E-state index in [4.69, 9.17) is 20.2 Å². The van der Waals surface area contributed by atoms with Gasteiger partial charge in [-0.25, -0.2) is 8.42 Å². The lowest BCUT2D eigenvalue weighted by atomic mass is 10.1. The third kappa shape index (κ3) is 6.48. The smallest absolute Gasteiger partial charge is 0.232 e. The Labute approximate surface area is 125 Å². The average molecular weight is 321 g/mol. The largest absolute Gasteiger partial charge is 0.490 e. The summed E-state index contributed by atoms with van der Waals surface area (Å²) in [5.74, 6) is 1.10. The molecule has 0 saturated carbocycles. The lowest BCUT2D eigenvalue weighted by Crippen LogP contribution is -2.19. The lowest BCUT2D eigenvalue weighted by molar-refractivity contribution is 0.235. The van der Waals surface area contributed by atoms with Crippen LogP contribution in [0.2, 0.25) is 0 Å². The number of hydrogen-bond donors (Lipinski definition) is 0. The third-order valence-electron chi connectivity index (χ3n) is 2.80. The molecule has 0 aromatic heterocycles. The molecule has 1 aromatic rings. The van der Waals surface area contributed by atoms with E-state index in [0.717, 1.165) is 6.42 Å². The van der Waals surface area contributed by atoms with Crippen molar-refractivity contribution in [2.45, 2.75) is 26.7 Å². The van der Waals surface area contributed by atoms with Crippen molar-refractivity contribution in [3.63, 3.8) is 0 Å². The highest BCUT2D eigenvalue weighted by atomic mass is 35.7. The molecule has 1 aromatic carbocycles. The minimum atomic E-state index is -3.50. The number of halogens is 1. The summed E-state index contributed by atoms with van der Waals surface area (Å²) in [6.07, 6.45) is 1.60. The van der Waals surface area contributed by atoms with E-state index in [1.165, 1.54) is 0 Å². The molecule has 0 bridgehead atoms. The van der Waals surface area contributed by atoms with E-state index < -0.39 is 9.05 Å². The molecule has 0 amide bonds. The zero-order valence-corrected chi connectivity index (χ0v) is 13.4. The maximum absolute atomic E-state index is 11.1. The number of rotatable bonds is 9. The first-order valence-electron chi connectivity index (χ1n) is 6.73. The molecule has 0 heterocycles. The van der Waals surface area contributed by atoms with Gasteiger partial charge in [0, 0.05) is 16.6 Å². The van der Waals surface area contributed by atoms with Gasteiger partial charge in [-0.3, -0.25) is 0 Å². The van der Waals surface area contributed by atoms with Crippen LogP contribution in [0.4, 0.5) is 0 Å². The molecule has 0 aliphatic heterocycles. The normalized spacial score (nSPS) is 12.9. The molecule has 0 aliphatic carbocycles. The average Bonchev–Trinajstić information content (AvgIpc) is 2.40. The summed E-state index contributed by atoms with van der Waals surface area (Å²) in [5.41, 5.74) is 0. The first kappa shape index (κ1) is 17.1. The maximum atomic E-state index is 11.1. The molecule has 0 aliphatic rings. The van der Waals surface area contributed by atoms with Crippen LogP contribution in [0.1, 0.15) is 26.7 Å². The quantitative estimate of drug-likeness (QED) is 0.654. The fourth-order valence-corrected chi connectivity index (χ4v) is 3.10. The highest BCUT2D eigenvalue weighted by Crippen LogP contribution is 2.27. The molecule has 0 N–H and O–H groups in total. The number of hydrogen-bond acceptors (Lipinski definition) is 4. The monoisotopic (exact) mass is 320 g/mol. The molecule has 0 saturated heterocycles. The van der Waals surface area contributed by atoms with Crippen LogP contribution in [-0.4, -0.2) is 27.4 Å². The van der Waals surface area contributed by atoms with Crippen molar-refractivity contribution in [1.82, 2.24) is 0 Å². The number of ether oxygens (including phenoxy) is 2. The van der Waals surface area contributed by atoms with Crippen LogP contribution in [0, 0.1) is 5.92 Å². The molecule has 1 atom stereocenters. The van der Waals surface area contributed by atoms with Crippen LogP contribution in [0.3, 0.4) is 0 Å². The Bertz CT molecular complexity index is 502. The standard InChI is InChI=1S/C14H21ClO4S/c1-3-9-18-13-7-5-6-8-14(13)19-10-12(4-2)11-20(15,16)17/h5-8,12H,3-4,9-11H2,1-2H3. The van der Waals surface area contributed by atoms with Crippen LogP contribution < -0.4 is 9.47 Å². The van der Waals surface area contributed by atoms with E-state index in [9.17, 15) is 8.42 Å². The Hall–Kier alpha value is -0.940. The summed E-state index contributed by atoms with van der Waals surface area (Å²) in [5, 5.41) is 0. The Morgan fingerprint density at radius 3 is 2.25 bits per heavy atom. The van der Waals surface area contributed by atoms with Gasteiger partial charge in [-0.15, -0.1) is 0 Å². The minimum Gasteiger partial charge on any atom is -0.490 e. The van der Waals surface area contributed by atoms with Crippen LogP contribution in [0.25, 0.3) is 0 Å². The highest BCUT2D eigenvalue weighted by Gasteiger charge is 2.17. The van der Waals surface area contributed by atoms with E-state index in [1.807, 2.05) is 38.1 Å². The summed E-state index contributed by atoms with van der Waals surface area (Å²) in [6.45, 7) is 4.86. The van der Waals surface area contributed by atoms with Gasteiger partial charge in [-0.1, -0.05) is 26.0 Å². The van der Waals surface area contributed by atoms with Crippen molar-refractivity contribution >= 4 is 19.7 Å². The Morgan fingerprint density at radius 2 is 1.75 bits per heavy atom. The van der Waals surface area contributed by atoms with Crippen molar-refractivity contribution in [2.75, 3.05) is 19.0 Å². The van der Waals surface area contributed by atoms with E-state index in [1.54, 1.807) is 0 Å². The molecule has 0 spiro atoms. The summed E-state index contributed by atoms with van der Waals surface area (Å²) in [7, 11) is 1.78. The van der Waals surface area contributed by atoms with Gasteiger partial charge in [-0.05, 0) is 25.0 Å². The SMILES string of the molecule is CCCOc1ccccc1OCC(CC)CS(=O)(=O)Cl. The first-order valence-corrected chi connectivity index (χ1v) is 9.21. The fourth-order valence-electron chi connectivity index (χ4n) is 1.67. The second-order valence-corrected chi connectivity index (χ2v) is 7.41. The number of benzene rings is 1. The molecule has 1 rings (SSSR count). The van der Waals surface area contributed by atoms with Gasteiger partial charge in [0.05, 0.1) is 19.0 Å². The Morgan fingerprint density at radius 1 is 1.15 bits per heavy atom. The van der Waals surface area contributed by atoms with Gasteiger partial charge < -0.3 is 9.47 Å². The van der Waals surface area contributed by atoms with Crippen molar-refractivity contribution in [2.24, 2.45) is 5.92 Å². The zero-order valence-electron chi connectivity index (χ0n) is 11.8. The van der Waals surface area contributed by atoms with Gasteiger partial charge in [-0.2, -0.15) is 0 Å². The molecule has 1 unspecified atom stereocenters. The van der Waals surface area contributed by atoms with Gasteiger partial charge in [0.1, 0.15) is 0 Å². The number of para-hydroxylation sites is 2. The predicted octanol–water partition coefficient (Wildman–Crippen LogP) is 3.45. The molecule has 20 heavy (non-hydrogen) atoms. The van der Waals surface area contributed by atoms with E-state index in [-0.39, 0.29) is 11.7 Å². The van der Waals surface area contributed by atoms with E-state index in [0.29, 0.717) is 31.1 Å². The molecule has 4 nitrogen and oxygen atoms in total. The van der Waals surface area contributed by atoms with Crippen molar-refractivity contribution in [3.8, 4) is 11.5 Å². The topological polar surface area (TPSA) is 52.6 Å². The molecule has 6 heteroatoms. The van der Waals surface area contributed by atoms with Crippen molar-refractivity contribution in [1.29, 1.82) is 0 Å². The molecule has 0 radical (unpaired) electrons. The van der Waals surface area contributed by atoms with Crippen molar-refractivity contribution in [3.05, 3.63) is 24.3 Å². The second-order valence-electron chi connectivity index (χ2n) is 4.59. The van der Waals surface area contributed by atoms with Gasteiger partial charge in [0.2, 0.25) is 9.05 Å². The summed E-state index contributed by atoms with van der Waals surface area (Å²) in [4.78, 5) is 0. The predicted molar refractivity (Wildman–Crippen MR) is 81.1 cm³/mol. The molecular formula is C14H21ClO4S. The maximum Gasteiger partial charge on any atom is 0.232 e. The van der Waals surface area contributed by atoms with Crippen LogP contribution in [0.5, 0.6) is 11.5 Å². The molecule has 114 valence electrons. The third-order valence-corrected chi connectivity index (χ3v) is 4.05.